The summed E-state index contributed by atoms with van der Waals surface area (Å²) in [6.07, 6.45) is 5.53. The van der Waals surface area contributed by atoms with Crippen LogP contribution in [0.5, 0.6) is 0 Å². The Morgan fingerprint density at radius 2 is 2.00 bits per heavy atom. The fourth-order valence-electron chi connectivity index (χ4n) is 1.74. The van der Waals surface area contributed by atoms with Crippen molar-refractivity contribution in [3.8, 4) is 0 Å². The predicted octanol–water partition coefficient (Wildman–Crippen LogP) is 2.60. The predicted molar refractivity (Wildman–Crippen MR) is 45.5 cm³/mol. The molecular weight excluding hydrogens is 136 g/mol. The Hall–Kier alpha value is -0.0400. The second-order valence-electron chi connectivity index (χ2n) is 4.54. The van der Waals surface area contributed by atoms with Gasteiger partial charge >= 0.3 is 0 Å². The molecule has 0 aromatic rings. The fourth-order valence-corrected chi connectivity index (χ4v) is 1.74. The second-order valence-corrected chi connectivity index (χ2v) is 4.54. The molecule has 0 heterocycles. The topological polar surface area (TPSA) is 9.23 Å². The first kappa shape index (κ1) is 7.60. The van der Waals surface area contributed by atoms with Gasteiger partial charge in [0.25, 0.3) is 0 Å². The van der Waals surface area contributed by atoms with Gasteiger partial charge in [0.15, 0.2) is 0 Å². The van der Waals surface area contributed by atoms with Gasteiger partial charge < -0.3 is 4.74 Å². The summed E-state index contributed by atoms with van der Waals surface area (Å²) < 4.78 is 5.93. The van der Waals surface area contributed by atoms with Crippen molar-refractivity contribution in [1.82, 2.24) is 0 Å². The van der Waals surface area contributed by atoms with E-state index in [1.807, 2.05) is 0 Å². The second kappa shape index (κ2) is 2.48. The molecule has 0 N–H and O–H groups in total. The third-order valence-corrected chi connectivity index (χ3v) is 2.77. The van der Waals surface area contributed by atoms with Gasteiger partial charge in [-0.2, -0.15) is 0 Å². The molecule has 0 unspecified atom stereocenters. The van der Waals surface area contributed by atoms with Crippen molar-refractivity contribution in [3.05, 3.63) is 0 Å². The summed E-state index contributed by atoms with van der Waals surface area (Å²) in [6, 6.07) is 0. The highest BCUT2D eigenvalue weighted by Gasteiger charge is 2.55. The Kier molecular flexibility index (Phi) is 1.71. The molecule has 11 heavy (non-hydrogen) atoms. The lowest BCUT2D eigenvalue weighted by molar-refractivity contribution is 0.00188. The zero-order chi connectivity index (χ0) is 7.90. The molecule has 0 radical (unpaired) electrons. The van der Waals surface area contributed by atoms with Crippen molar-refractivity contribution < 1.29 is 4.74 Å². The van der Waals surface area contributed by atoms with E-state index in [0.29, 0.717) is 11.5 Å². The Labute approximate surface area is 69.1 Å². The molecule has 0 amide bonds. The molecule has 1 heteroatoms. The lowest BCUT2D eigenvalue weighted by Gasteiger charge is -2.16. The maximum atomic E-state index is 5.93. The Morgan fingerprint density at radius 1 is 1.36 bits per heavy atom. The van der Waals surface area contributed by atoms with E-state index in [1.54, 1.807) is 0 Å². The summed E-state index contributed by atoms with van der Waals surface area (Å²) in [5.41, 5.74) is 0.393. The highest BCUT2D eigenvalue weighted by molar-refractivity contribution is 5.06. The van der Waals surface area contributed by atoms with Crippen LogP contribution in [0.2, 0.25) is 0 Å². The van der Waals surface area contributed by atoms with Crippen LogP contribution >= 0.6 is 0 Å². The molecule has 0 spiro atoms. The van der Waals surface area contributed by atoms with Crippen LogP contribution < -0.4 is 0 Å². The average Bonchev–Trinajstić information content (AvgIpc) is 2.79. The Balaban J connectivity index is 1.76. The van der Waals surface area contributed by atoms with Crippen molar-refractivity contribution in [2.75, 3.05) is 6.61 Å². The summed E-state index contributed by atoms with van der Waals surface area (Å²) in [7, 11) is 0. The van der Waals surface area contributed by atoms with Crippen molar-refractivity contribution in [3.63, 3.8) is 0 Å². The lowest BCUT2D eigenvalue weighted by Crippen LogP contribution is -2.19. The summed E-state index contributed by atoms with van der Waals surface area (Å²) in [4.78, 5) is 0. The summed E-state index contributed by atoms with van der Waals surface area (Å²) >= 11 is 0. The Bertz CT molecular complexity index is 143. The van der Waals surface area contributed by atoms with Crippen molar-refractivity contribution in [2.45, 2.75) is 45.1 Å². The standard InChI is InChI=1S/C10H18O/c1-8(2)7-11-10(5-6-10)9-3-4-9/h8-9H,3-7H2,1-2H3. The molecule has 1 nitrogen and oxygen atoms in total. The van der Waals surface area contributed by atoms with Gasteiger partial charge in [0.1, 0.15) is 0 Å². The maximum absolute atomic E-state index is 5.93. The molecule has 0 bridgehead atoms. The van der Waals surface area contributed by atoms with E-state index in [0.717, 1.165) is 12.5 Å². The molecule has 2 aliphatic rings. The highest BCUT2D eigenvalue weighted by atomic mass is 16.5. The van der Waals surface area contributed by atoms with Crippen LogP contribution in [0.15, 0.2) is 0 Å². The van der Waals surface area contributed by atoms with Gasteiger partial charge in [-0.05, 0) is 37.5 Å². The molecule has 0 aromatic carbocycles. The molecule has 0 aromatic heterocycles. The van der Waals surface area contributed by atoms with E-state index < -0.39 is 0 Å². The zero-order valence-electron chi connectivity index (χ0n) is 7.60. The molecule has 0 aliphatic heterocycles. The minimum atomic E-state index is 0.393. The molecular formula is C10H18O. The Morgan fingerprint density at radius 3 is 2.36 bits per heavy atom. The van der Waals surface area contributed by atoms with Gasteiger partial charge in [0, 0.05) is 6.61 Å². The molecule has 0 saturated heterocycles. The van der Waals surface area contributed by atoms with Gasteiger partial charge in [-0.1, -0.05) is 13.8 Å². The van der Waals surface area contributed by atoms with Crippen LogP contribution in [0.1, 0.15) is 39.5 Å². The van der Waals surface area contributed by atoms with Gasteiger partial charge in [0.05, 0.1) is 5.60 Å². The summed E-state index contributed by atoms with van der Waals surface area (Å²) in [6.45, 7) is 5.42. The third-order valence-electron chi connectivity index (χ3n) is 2.77. The maximum Gasteiger partial charge on any atom is 0.0712 e. The average molecular weight is 154 g/mol. The van der Waals surface area contributed by atoms with E-state index in [9.17, 15) is 0 Å². The normalized spacial score (nSPS) is 27.5. The lowest BCUT2D eigenvalue weighted by atomic mass is 10.2. The number of ether oxygens (including phenoxy) is 1. The van der Waals surface area contributed by atoms with E-state index in [-0.39, 0.29) is 0 Å². The molecule has 2 saturated carbocycles. The summed E-state index contributed by atoms with van der Waals surface area (Å²) in [5.74, 6) is 1.65. The molecule has 64 valence electrons. The third kappa shape index (κ3) is 1.58. The first-order valence-corrected chi connectivity index (χ1v) is 4.87. The smallest absolute Gasteiger partial charge is 0.0712 e. The van der Waals surface area contributed by atoms with Crippen molar-refractivity contribution in [1.29, 1.82) is 0 Å². The zero-order valence-corrected chi connectivity index (χ0v) is 7.60. The monoisotopic (exact) mass is 154 g/mol. The molecule has 0 atom stereocenters. The van der Waals surface area contributed by atoms with Crippen LogP contribution in [-0.2, 0) is 4.74 Å². The minimum Gasteiger partial charge on any atom is -0.374 e. The SMILES string of the molecule is CC(C)COC1(C2CC2)CC1. The van der Waals surface area contributed by atoms with Gasteiger partial charge in [-0.3, -0.25) is 0 Å². The van der Waals surface area contributed by atoms with Crippen LogP contribution in [-0.4, -0.2) is 12.2 Å². The van der Waals surface area contributed by atoms with Crippen molar-refractivity contribution in [2.24, 2.45) is 11.8 Å². The number of rotatable bonds is 4. The van der Waals surface area contributed by atoms with Crippen LogP contribution in [0, 0.1) is 11.8 Å². The van der Waals surface area contributed by atoms with E-state index in [2.05, 4.69) is 13.8 Å². The quantitative estimate of drug-likeness (QED) is 0.604. The van der Waals surface area contributed by atoms with Crippen LogP contribution in [0.3, 0.4) is 0 Å². The number of hydrogen-bond acceptors (Lipinski definition) is 1. The summed E-state index contributed by atoms with van der Waals surface area (Å²) in [5, 5.41) is 0. The van der Waals surface area contributed by atoms with E-state index >= 15 is 0 Å². The van der Waals surface area contributed by atoms with Gasteiger partial charge in [-0.15, -0.1) is 0 Å². The van der Waals surface area contributed by atoms with Crippen LogP contribution in [0.4, 0.5) is 0 Å². The highest BCUT2D eigenvalue weighted by Crippen LogP contribution is 2.56. The van der Waals surface area contributed by atoms with E-state index in [1.165, 1.54) is 25.7 Å². The molecule has 2 rings (SSSR count). The first-order valence-electron chi connectivity index (χ1n) is 4.87. The fraction of sp³-hybridized carbons (Fsp3) is 1.00. The minimum absolute atomic E-state index is 0.393. The molecule has 2 fully saturated rings. The largest absolute Gasteiger partial charge is 0.374 e. The van der Waals surface area contributed by atoms with Gasteiger partial charge in [0.2, 0.25) is 0 Å². The van der Waals surface area contributed by atoms with Gasteiger partial charge in [-0.25, -0.2) is 0 Å². The van der Waals surface area contributed by atoms with Crippen LogP contribution in [0.25, 0.3) is 0 Å². The molecule has 2 aliphatic carbocycles. The number of hydrogen-bond donors (Lipinski definition) is 0. The van der Waals surface area contributed by atoms with Crippen molar-refractivity contribution >= 4 is 0 Å². The van der Waals surface area contributed by atoms with E-state index in [4.69, 9.17) is 4.74 Å². The first-order chi connectivity index (χ1) is 5.23.